The van der Waals surface area contributed by atoms with Gasteiger partial charge in [0, 0.05) is 6.54 Å². The van der Waals surface area contributed by atoms with Gasteiger partial charge in [-0.1, -0.05) is 6.07 Å². The zero-order chi connectivity index (χ0) is 15.0. The average Bonchev–Trinajstić information content (AvgIpc) is 2.96. The monoisotopic (exact) mass is 285 g/mol. The summed E-state index contributed by atoms with van der Waals surface area (Å²) in [6, 6.07) is 7.22. The lowest BCUT2D eigenvalue weighted by Crippen LogP contribution is -2.22. The summed E-state index contributed by atoms with van der Waals surface area (Å²) in [7, 11) is 0. The van der Waals surface area contributed by atoms with Crippen molar-refractivity contribution < 1.29 is 9.21 Å². The van der Waals surface area contributed by atoms with Gasteiger partial charge in [0.2, 0.25) is 0 Å². The maximum absolute atomic E-state index is 12.1. The third-order valence-corrected chi connectivity index (χ3v) is 3.32. The van der Waals surface area contributed by atoms with Crippen LogP contribution in [0.15, 0.2) is 33.5 Å². The lowest BCUT2D eigenvalue weighted by atomic mass is 10.2. The highest BCUT2D eigenvalue weighted by Gasteiger charge is 2.13. The first-order valence-electron chi connectivity index (χ1n) is 6.59. The second-order valence-corrected chi connectivity index (χ2v) is 4.97. The van der Waals surface area contributed by atoms with E-state index in [1.165, 1.54) is 0 Å². The van der Waals surface area contributed by atoms with Crippen LogP contribution in [0.3, 0.4) is 0 Å². The number of carbonyl (C=O) groups excluding carboxylic acids is 1. The third-order valence-electron chi connectivity index (χ3n) is 3.32. The summed E-state index contributed by atoms with van der Waals surface area (Å²) in [4.78, 5) is 28.7. The van der Waals surface area contributed by atoms with Gasteiger partial charge in [-0.2, -0.15) is 0 Å². The number of hydrogen-bond donors (Lipinski definition) is 3. The van der Waals surface area contributed by atoms with E-state index >= 15 is 0 Å². The Morgan fingerprint density at radius 2 is 1.95 bits per heavy atom. The molecule has 0 spiro atoms. The minimum atomic E-state index is -0.240. The van der Waals surface area contributed by atoms with E-state index in [-0.39, 0.29) is 11.6 Å². The molecule has 3 aromatic rings. The van der Waals surface area contributed by atoms with Crippen molar-refractivity contribution in [3.63, 3.8) is 0 Å². The van der Waals surface area contributed by atoms with Crippen LogP contribution in [0, 0.1) is 13.8 Å². The molecule has 108 valence electrons. The number of furan rings is 1. The van der Waals surface area contributed by atoms with Gasteiger partial charge in [0.1, 0.15) is 11.5 Å². The first kappa shape index (κ1) is 13.2. The Balaban J connectivity index is 1.75. The van der Waals surface area contributed by atoms with E-state index in [0.717, 1.165) is 16.6 Å². The van der Waals surface area contributed by atoms with Crippen LogP contribution in [0.4, 0.5) is 0 Å². The number of carbonyl (C=O) groups is 1. The average molecular weight is 285 g/mol. The highest BCUT2D eigenvalue weighted by molar-refractivity contribution is 5.95. The normalized spacial score (nSPS) is 11.0. The van der Waals surface area contributed by atoms with Crippen LogP contribution < -0.4 is 11.0 Å². The maximum atomic E-state index is 12.1. The van der Waals surface area contributed by atoms with E-state index in [4.69, 9.17) is 4.42 Å². The molecule has 3 N–H and O–H groups in total. The van der Waals surface area contributed by atoms with Crippen molar-refractivity contribution in [1.29, 1.82) is 0 Å². The zero-order valence-electron chi connectivity index (χ0n) is 11.7. The molecule has 21 heavy (non-hydrogen) atoms. The molecule has 2 heterocycles. The van der Waals surface area contributed by atoms with Crippen molar-refractivity contribution >= 4 is 16.9 Å². The number of fused-ring (bicyclic) bond motifs is 1. The number of imidazole rings is 1. The van der Waals surface area contributed by atoms with Gasteiger partial charge in [0.05, 0.1) is 16.6 Å². The van der Waals surface area contributed by atoms with E-state index in [2.05, 4.69) is 15.3 Å². The summed E-state index contributed by atoms with van der Waals surface area (Å²) in [6.07, 6.45) is 0. The zero-order valence-corrected chi connectivity index (χ0v) is 11.7. The van der Waals surface area contributed by atoms with E-state index in [1.807, 2.05) is 18.2 Å². The van der Waals surface area contributed by atoms with Crippen LogP contribution in [0.5, 0.6) is 0 Å². The van der Waals surface area contributed by atoms with Gasteiger partial charge in [0.15, 0.2) is 0 Å². The lowest BCUT2D eigenvalue weighted by molar-refractivity contribution is 0.0949. The molecule has 0 fully saturated rings. The van der Waals surface area contributed by atoms with Crippen LogP contribution >= 0.6 is 0 Å². The summed E-state index contributed by atoms with van der Waals surface area (Å²) >= 11 is 0. The standard InChI is InChI=1S/C15H15N3O3/c1-8-5-11(9(2)21-8)14(19)16-7-10-3-4-12-13(6-10)18-15(20)17-12/h3-6H,7H2,1-2H3,(H,16,19)(H2,17,18,20). The summed E-state index contributed by atoms with van der Waals surface area (Å²) in [5.41, 5.74) is 2.68. The SMILES string of the molecule is Cc1cc(C(=O)NCc2ccc3[nH]c(=O)[nH]c3c2)c(C)o1. The Kier molecular flexibility index (Phi) is 3.13. The Labute approximate surface area is 120 Å². The maximum Gasteiger partial charge on any atom is 0.323 e. The van der Waals surface area contributed by atoms with Crippen molar-refractivity contribution in [1.82, 2.24) is 15.3 Å². The molecule has 6 nitrogen and oxygen atoms in total. The molecule has 0 radical (unpaired) electrons. The molecule has 0 aliphatic carbocycles. The number of hydrogen-bond acceptors (Lipinski definition) is 3. The van der Waals surface area contributed by atoms with Crippen molar-refractivity contribution in [3.8, 4) is 0 Å². The van der Waals surface area contributed by atoms with Gasteiger partial charge in [-0.25, -0.2) is 4.79 Å². The third kappa shape index (κ3) is 2.60. The molecule has 0 aliphatic rings. The van der Waals surface area contributed by atoms with E-state index in [1.54, 1.807) is 19.9 Å². The Bertz CT molecular complexity index is 870. The molecular formula is C15H15N3O3. The largest absolute Gasteiger partial charge is 0.466 e. The number of amides is 1. The molecule has 3 rings (SSSR count). The molecule has 0 atom stereocenters. The predicted octanol–water partition coefficient (Wildman–Crippen LogP) is 2.00. The molecule has 2 aromatic heterocycles. The van der Waals surface area contributed by atoms with Gasteiger partial charge >= 0.3 is 5.69 Å². The Hall–Kier alpha value is -2.76. The minimum absolute atomic E-state index is 0.174. The van der Waals surface area contributed by atoms with Crippen molar-refractivity contribution in [3.05, 3.63) is 57.4 Å². The molecule has 6 heteroatoms. The smallest absolute Gasteiger partial charge is 0.323 e. The summed E-state index contributed by atoms with van der Waals surface area (Å²) in [5, 5.41) is 2.84. The molecule has 1 amide bonds. The molecule has 0 saturated heterocycles. The highest BCUT2D eigenvalue weighted by Crippen LogP contribution is 2.14. The van der Waals surface area contributed by atoms with Crippen LogP contribution in [-0.2, 0) is 6.54 Å². The van der Waals surface area contributed by atoms with Crippen LogP contribution in [0.2, 0.25) is 0 Å². The van der Waals surface area contributed by atoms with Gasteiger partial charge in [0.25, 0.3) is 5.91 Å². The number of nitrogens with one attached hydrogen (secondary N) is 3. The summed E-state index contributed by atoms with van der Waals surface area (Å²) in [6.45, 7) is 3.95. The quantitative estimate of drug-likeness (QED) is 0.687. The van der Waals surface area contributed by atoms with Gasteiger partial charge in [-0.15, -0.1) is 0 Å². The minimum Gasteiger partial charge on any atom is -0.466 e. The molecule has 0 unspecified atom stereocenters. The first-order chi connectivity index (χ1) is 10.0. The summed E-state index contributed by atoms with van der Waals surface area (Å²) in [5.74, 6) is 1.14. The molecule has 0 aliphatic heterocycles. The molecular weight excluding hydrogens is 270 g/mol. The molecule has 1 aromatic carbocycles. The molecule has 0 saturated carbocycles. The summed E-state index contributed by atoms with van der Waals surface area (Å²) < 4.78 is 5.34. The fourth-order valence-electron chi connectivity index (χ4n) is 2.32. The van der Waals surface area contributed by atoms with Crippen LogP contribution in [-0.4, -0.2) is 15.9 Å². The van der Waals surface area contributed by atoms with Crippen LogP contribution in [0.1, 0.15) is 27.4 Å². The Morgan fingerprint density at radius 1 is 1.19 bits per heavy atom. The predicted molar refractivity (Wildman–Crippen MR) is 78.3 cm³/mol. The number of H-pyrrole nitrogens is 2. The highest BCUT2D eigenvalue weighted by atomic mass is 16.3. The van der Waals surface area contributed by atoms with E-state index in [9.17, 15) is 9.59 Å². The number of benzene rings is 1. The number of rotatable bonds is 3. The van der Waals surface area contributed by atoms with Crippen LogP contribution in [0.25, 0.3) is 11.0 Å². The Morgan fingerprint density at radius 3 is 2.67 bits per heavy atom. The van der Waals surface area contributed by atoms with E-state index in [0.29, 0.717) is 23.6 Å². The van der Waals surface area contributed by atoms with E-state index < -0.39 is 0 Å². The number of aromatic amines is 2. The topological polar surface area (TPSA) is 90.9 Å². The van der Waals surface area contributed by atoms with Crippen molar-refractivity contribution in [2.24, 2.45) is 0 Å². The van der Waals surface area contributed by atoms with Gasteiger partial charge in [-0.05, 0) is 37.6 Å². The fraction of sp³-hybridized carbons (Fsp3) is 0.200. The first-order valence-corrected chi connectivity index (χ1v) is 6.59. The fourth-order valence-corrected chi connectivity index (χ4v) is 2.32. The van der Waals surface area contributed by atoms with Crippen molar-refractivity contribution in [2.75, 3.05) is 0 Å². The molecule has 0 bridgehead atoms. The van der Waals surface area contributed by atoms with Gasteiger partial charge < -0.3 is 19.7 Å². The lowest BCUT2D eigenvalue weighted by Gasteiger charge is -2.04. The second kappa shape index (κ2) is 4.97. The van der Waals surface area contributed by atoms with Crippen molar-refractivity contribution in [2.45, 2.75) is 20.4 Å². The van der Waals surface area contributed by atoms with Gasteiger partial charge in [-0.3, -0.25) is 4.79 Å². The number of aromatic nitrogens is 2. The number of aryl methyl sites for hydroxylation is 2. The second-order valence-electron chi connectivity index (χ2n) is 4.97.